The highest BCUT2D eigenvalue weighted by molar-refractivity contribution is 14.0. The number of halogens is 5. The van der Waals surface area contributed by atoms with Crippen LogP contribution in [-0.2, 0) is 26.3 Å². The van der Waals surface area contributed by atoms with Gasteiger partial charge in [0.2, 0.25) is 0 Å². The van der Waals surface area contributed by atoms with E-state index in [9.17, 15) is 17.6 Å². The number of alkyl halides is 3. The number of nitrogens with one attached hydrogen (secondary N) is 2. The zero-order valence-electron chi connectivity index (χ0n) is 14.3. The van der Waals surface area contributed by atoms with Crippen molar-refractivity contribution in [3.63, 3.8) is 0 Å². The first-order chi connectivity index (χ1) is 11.8. The molecule has 26 heavy (non-hydrogen) atoms. The number of hydrogen-bond donors (Lipinski definition) is 2. The third-order valence-corrected chi connectivity index (χ3v) is 3.33. The Morgan fingerprint density at radius 2 is 1.88 bits per heavy atom. The van der Waals surface area contributed by atoms with E-state index in [0.717, 1.165) is 4.68 Å². The van der Waals surface area contributed by atoms with Gasteiger partial charge in [0, 0.05) is 37.5 Å². The van der Waals surface area contributed by atoms with Crippen molar-refractivity contribution >= 4 is 29.9 Å². The molecular weight excluding hydrogens is 465 g/mol. The van der Waals surface area contributed by atoms with Crippen molar-refractivity contribution < 1.29 is 17.6 Å². The summed E-state index contributed by atoms with van der Waals surface area (Å²) < 4.78 is 53.6. The molecular formula is C16H20F4IN5. The Bertz CT molecular complexity index is 742. The van der Waals surface area contributed by atoms with E-state index in [-0.39, 0.29) is 48.4 Å². The zero-order valence-corrected chi connectivity index (χ0v) is 16.6. The monoisotopic (exact) mass is 485 g/mol. The smallest absolute Gasteiger partial charge is 0.357 e. The molecule has 0 spiro atoms. The van der Waals surface area contributed by atoms with Crippen LogP contribution in [0.25, 0.3) is 0 Å². The van der Waals surface area contributed by atoms with E-state index in [1.54, 1.807) is 18.2 Å². The number of benzene rings is 1. The third-order valence-electron chi connectivity index (χ3n) is 3.33. The minimum Gasteiger partial charge on any atom is -0.357 e. The number of aromatic nitrogens is 2. The van der Waals surface area contributed by atoms with E-state index in [2.05, 4.69) is 20.7 Å². The normalized spacial score (nSPS) is 11.8. The van der Waals surface area contributed by atoms with Crippen molar-refractivity contribution in [2.45, 2.75) is 26.2 Å². The summed E-state index contributed by atoms with van der Waals surface area (Å²) in [7, 11) is 1.42. The average Bonchev–Trinajstić information content (AvgIpc) is 2.92. The average molecular weight is 485 g/mol. The second-order valence-corrected chi connectivity index (χ2v) is 5.31. The van der Waals surface area contributed by atoms with Crippen LogP contribution in [0, 0.1) is 5.82 Å². The van der Waals surface area contributed by atoms with Crippen LogP contribution in [-0.4, -0.2) is 22.3 Å². The van der Waals surface area contributed by atoms with E-state index in [0.29, 0.717) is 18.1 Å². The maximum absolute atomic E-state index is 13.6. The van der Waals surface area contributed by atoms with Crippen molar-refractivity contribution in [3.8, 4) is 0 Å². The number of guanidine groups is 1. The highest BCUT2D eigenvalue weighted by atomic mass is 127. The Morgan fingerprint density at radius 3 is 2.50 bits per heavy atom. The molecule has 1 heterocycles. The van der Waals surface area contributed by atoms with Gasteiger partial charge in [0.1, 0.15) is 5.82 Å². The maximum atomic E-state index is 13.6. The first kappa shape index (κ1) is 22.2. The van der Waals surface area contributed by atoms with Crippen LogP contribution in [0.3, 0.4) is 0 Å². The second-order valence-electron chi connectivity index (χ2n) is 5.31. The molecule has 0 aliphatic carbocycles. The van der Waals surface area contributed by atoms with Gasteiger partial charge in [-0.3, -0.25) is 4.68 Å². The first-order valence-electron chi connectivity index (χ1n) is 7.66. The van der Waals surface area contributed by atoms with Crippen molar-refractivity contribution in [2.24, 2.45) is 12.0 Å². The van der Waals surface area contributed by atoms with Crippen LogP contribution < -0.4 is 10.6 Å². The molecule has 0 fully saturated rings. The van der Waals surface area contributed by atoms with Gasteiger partial charge >= 0.3 is 6.18 Å². The molecule has 2 rings (SSSR count). The van der Waals surface area contributed by atoms with Gasteiger partial charge in [-0.25, -0.2) is 9.38 Å². The number of hydrogen-bond acceptors (Lipinski definition) is 2. The van der Waals surface area contributed by atoms with Crippen molar-refractivity contribution in [1.82, 2.24) is 20.4 Å². The molecule has 2 N–H and O–H groups in total. The van der Waals surface area contributed by atoms with Crippen LogP contribution in [0.1, 0.15) is 23.7 Å². The molecule has 0 aliphatic heterocycles. The summed E-state index contributed by atoms with van der Waals surface area (Å²) in [4.78, 5) is 4.13. The second kappa shape index (κ2) is 9.74. The highest BCUT2D eigenvalue weighted by Crippen LogP contribution is 2.30. The first-order valence-corrected chi connectivity index (χ1v) is 7.66. The van der Waals surface area contributed by atoms with E-state index < -0.39 is 11.9 Å². The molecule has 0 amide bonds. The predicted molar refractivity (Wildman–Crippen MR) is 102 cm³/mol. The molecule has 1 aromatic carbocycles. The fourth-order valence-electron chi connectivity index (χ4n) is 2.22. The van der Waals surface area contributed by atoms with E-state index in [4.69, 9.17) is 0 Å². The Morgan fingerprint density at radius 1 is 1.19 bits per heavy atom. The fraction of sp³-hybridized carbons (Fsp3) is 0.375. The summed E-state index contributed by atoms with van der Waals surface area (Å²) in [6, 6.07) is 6.25. The summed E-state index contributed by atoms with van der Waals surface area (Å²) in [5.41, 5.74) is -0.549. The Hall–Kier alpha value is -1.85. The van der Waals surface area contributed by atoms with Gasteiger partial charge in [-0.2, -0.15) is 18.3 Å². The molecule has 0 saturated heterocycles. The summed E-state index contributed by atoms with van der Waals surface area (Å²) in [5, 5.41) is 9.26. The Balaban J connectivity index is 0.00000338. The lowest BCUT2D eigenvalue weighted by atomic mass is 10.2. The molecule has 2 aromatic rings. The molecule has 0 unspecified atom stereocenters. The molecule has 144 valence electrons. The van der Waals surface area contributed by atoms with Gasteiger partial charge in [-0.1, -0.05) is 18.2 Å². The minimum absolute atomic E-state index is 0. The van der Waals surface area contributed by atoms with Crippen LogP contribution in [0.15, 0.2) is 35.5 Å². The predicted octanol–water partition coefficient (Wildman–Crippen LogP) is 3.45. The van der Waals surface area contributed by atoms with Gasteiger partial charge in [0.25, 0.3) is 0 Å². The van der Waals surface area contributed by atoms with Crippen LogP contribution in [0.5, 0.6) is 0 Å². The maximum Gasteiger partial charge on any atom is 0.435 e. The van der Waals surface area contributed by atoms with E-state index >= 15 is 0 Å². The molecule has 10 heteroatoms. The lowest BCUT2D eigenvalue weighted by molar-refractivity contribution is -0.142. The summed E-state index contributed by atoms with van der Waals surface area (Å²) in [5.74, 6) is -0.0693. The lowest BCUT2D eigenvalue weighted by Crippen LogP contribution is -2.37. The van der Waals surface area contributed by atoms with Gasteiger partial charge < -0.3 is 10.6 Å². The quantitative estimate of drug-likeness (QED) is 0.296. The summed E-state index contributed by atoms with van der Waals surface area (Å²) in [6.45, 7) is 2.31. The standard InChI is InChI=1S/C16H19F4N5.HI/c1-3-21-15(22-8-11-6-4-5-7-13(11)17)23-9-12-10-25(2)24-14(12)16(18,19)20;/h4-7,10H,3,8-9H2,1-2H3,(H2,21,22,23);1H. The molecule has 5 nitrogen and oxygen atoms in total. The number of nitrogens with zero attached hydrogens (tertiary/aromatic N) is 3. The van der Waals surface area contributed by atoms with Crippen LogP contribution in [0.4, 0.5) is 17.6 Å². The number of rotatable bonds is 5. The van der Waals surface area contributed by atoms with Crippen molar-refractivity contribution in [2.75, 3.05) is 6.54 Å². The molecule has 0 saturated carbocycles. The summed E-state index contributed by atoms with van der Waals surface area (Å²) in [6.07, 6.45) is -3.25. The van der Waals surface area contributed by atoms with Gasteiger partial charge in [0.15, 0.2) is 11.7 Å². The Kier molecular flexibility index (Phi) is 8.31. The Labute approximate surface area is 165 Å². The molecule has 0 atom stereocenters. The van der Waals surface area contributed by atoms with Crippen molar-refractivity contribution in [3.05, 3.63) is 53.1 Å². The zero-order chi connectivity index (χ0) is 18.4. The SMILES string of the molecule is CCNC(=NCc1cn(C)nc1C(F)(F)F)NCc1ccccc1F.I. The van der Waals surface area contributed by atoms with Gasteiger partial charge in [-0.15, -0.1) is 24.0 Å². The van der Waals surface area contributed by atoms with Crippen LogP contribution >= 0.6 is 24.0 Å². The minimum atomic E-state index is -4.54. The molecule has 0 bridgehead atoms. The molecule has 1 aromatic heterocycles. The number of aliphatic imine (C=N–C) groups is 1. The molecule has 0 radical (unpaired) electrons. The van der Waals surface area contributed by atoms with Crippen molar-refractivity contribution in [1.29, 1.82) is 0 Å². The topological polar surface area (TPSA) is 54.2 Å². The molecule has 0 aliphatic rings. The van der Waals surface area contributed by atoms with E-state index in [1.807, 2.05) is 6.92 Å². The third kappa shape index (κ3) is 6.15. The van der Waals surface area contributed by atoms with Crippen LogP contribution in [0.2, 0.25) is 0 Å². The number of aryl methyl sites for hydroxylation is 1. The van der Waals surface area contributed by atoms with E-state index in [1.165, 1.54) is 19.3 Å². The highest BCUT2D eigenvalue weighted by Gasteiger charge is 2.36. The van der Waals surface area contributed by atoms with Gasteiger partial charge in [-0.05, 0) is 13.0 Å². The summed E-state index contributed by atoms with van der Waals surface area (Å²) >= 11 is 0. The largest absolute Gasteiger partial charge is 0.435 e. The fourth-order valence-corrected chi connectivity index (χ4v) is 2.22. The lowest BCUT2D eigenvalue weighted by Gasteiger charge is -2.12. The van der Waals surface area contributed by atoms with Gasteiger partial charge in [0.05, 0.1) is 6.54 Å².